The Bertz CT molecular complexity index is 731. The third-order valence-corrected chi connectivity index (χ3v) is 5.09. The van der Waals surface area contributed by atoms with Crippen molar-refractivity contribution in [1.82, 2.24) is 4.90 Å². The standard InChI is InChI=1S/C20H23NOS/c1-21(2)13-12-17(20-11-6-14-23-20)15-22-19-10-5-8-16-7-3-4-9-18(16)19/h3-11,14,17H,12-13,15H2,1-2H3/t17-/m1/s1. The molecule has 0 fully saturated rings. The molecule has 2 aromatic carbocycles. The molecule has 3 heteroatoms. The first-order chi connectivity index (χ1) is 11.2. The van der Waals surface area contributed by atoms with E-state index in [2.05, 4.69) is 79.0 Å². The van der Waals surface area contributed by atoms with Crippen molar-refractivity contribution in [3.05, 3.63) is 64.9 Å². The highest BCUT2D eigenvalue weighted by Gasteiger charge is 2.15. The Hall–Kier alpha value is -1.84. The zero-order valence-electron chi connectivity index (χ0n) is 13.7. The van der Waals surface area contributed by atoms with E-state index in [1.807, 2.05) is 11.3 Å². The lowest BCUT2D eigenvalue weighted by atomic mass is 10.0. The van der Waals surface area contributed by atoms with Crippen LogP contribution in [0.3, 0.4) is 0 Å². The summed E-state index contributed by atoms with van der Waals surface area (Å²) in [5.41, 5.74) is 0. The second-order valence-corrected chi connectivity index (χ2v) is 7.07. The van der Waals surface area contributed by atoms with E-state index in [4.69, 9.17) is 4.74 Å². The molecule has 1 aromatic heterocycles. The maximum Gasteiger partial charge on any atom is 0.127 e. The summed E-state index contributed by atoms with van der Waals surface area (Å²) in [5.74, 6) is 1.42. The van der Waals surface area contributed by atoms with E-state index in [9.17, 15) is 0 Å². The molecule has 0 radical (unpaired) electrons. The summed E-state index contributed by atoms with van der Waals surface area (Å²) in [6, 6.07) is 19.0. The molecular formula is C20H23NOS. The Morgan fingerprint density at radius 2 is 1.83 bits per heavy atom. The normalized spacial score (nSPS) is 12.7. The summed E-state index contributed by atoms with van der Waals surface area (Å²) in [6.45, 7) is 1.80. The molecule has 120 valence electrons. The zero-order valence-corrected chi connectivity index (χ0v) is 14.6. The summed E-state index contributed by atoms with van der Waals surface area (Å²) in [7, 11) is 4.24. The SMILES string of the molecule is CN(C)CC[C@H](COc1cccc2ccccc12)c1cccs1. The van der Waals surface area contributed by atoms with Crippen LogP contribution in [0.5, 0.6) is 5.75 Å². The van der Waals surface area contributed by atoms with Crippen molar-refractivity contribution in [2.75, 3.05) is 27.2 Å². The van der Waals surface area contributed by atoms with E-state index in [1.165, 1.54) is 15.6 Å². The Kier molecular flexibility index (Phi) is 5.31. The molecule has 3 aromatic rings. The highest BCUT2D eigenvalue weighted by molar-refractivity contribution is 7.10. The Balaban J connectivity index is 1.75. The average molecular weight is 325 g/mol. The summed E-state index contributed by atoms with van der Waals surface area (Å²) in [5, 5.41) is 4.56. The molecule has 0 N–H and O–H groups in total. The maximum absolute atomic E-state index is 6.23. The predicted octanol–water partition coefficient (Wildman–Crippen LogP) is 5.02. The van der Waals surface area contributed by atoms with E-state index in [0.29, 0.717) is 5.92 Å². The van der Waals surface area contributed by atoms with Crippen molar-refractivity contribution in [1.29, 1.82) is 0 Å². The summed E-state index contributed by atoms with van der Waals surface area (Å²) >= 11 is 1.82. The first kappa shape index (κ1) is 16.0. The molecule has 0 amide bonds. The lowest BCUT2D eigenvalue weighted by Gasteiger charge is -2.19. The minimum atomic E-state index is 0.441. The van der Waals surface area contributed by atoms with Gasteiger partial charge in [-0.05, 0) is 50.0 Å². The lowest BCUT2D eigenvalue weighted by molar-refractivity contribution is 0.271. The van der Waals surface area contributed by atoms with E-state index in [-0.39, 0.29) is 0 Å². The summed E-state index contributed by atoms with van der Waals surface area (Å²) in [4.78, 5) is 3.64. The molecule has 1 atom stereocenters. The van der Waals surface area contributed by atoms with E-state index >= 15 is 0 Å². The average Bonchev–Trinajstić information content (AvgIpc) is 3.09. The first-order valence-electron chi connectivity index (χ1n) is 8.03. The number of hydrogen-bond donors (Lipinski definition) is 0. The van der Waals surface area contributed by atoms with Crippen LogP contribution in [0, 0.1) is 0 Å². The van der Waals surface area contributed by atoms with E-state index in [1.54, 1.807) is 0 Å². The maximum atomic E-state index is 6.23. The van der Waals surface area contributed by atoms with Crippen molar-refractivity contribution in [3.63, 3.8) is 0 Å². The number of hydrogen-bond acceptors (Lipinski definition) is 3. The predicted molar refractivity (Wildman–Crippen MR) is 99.7 cm³/mol. The highest BCUT2D eigenvalue weighted by atomic mass is 32.1. The molecule has 2 nitrogen and oxygen atoms in total. The Morgan fingerprint density at radius 3 is 2.61 bits per heavy atom. The van der Waals surface area contributed by atoms with Crippen LogP contribution in [-0.2, 0) is 0 Å². The lowest BCUT2D eigenvalue weighted by Crippen LogP contribution is -2.19. The van der Waals surface area contributed by atoms with Gasteiger partial charge >= 0.3 is 0 Å². The number of ether oxygens (including phenoxy) is 1. The number of nitrogens with zero attached hydrogens (tertiary/aromatic N) is 1. The fourth-order valence-corrected chi connectivity index (χ4v) is 3.61. The summed E-state index contributed by atoms with van der Waals surface area (Å²) in [6.07, 6.45) is 1.11. The van der Waals surface area contributed by atoms with Crippen molar-refractivity contribution >= 4 is 22.1 Å². The highest BCUT2D eigenvalue weighted by Crippen LogP contribution is 2.29. The molecule has 0 spiro atoms. The smallest absolute Gasteiger partial charge is 0.127 e. The van der Waals surface area contributed by atoms with Crippen LogP contribution >= 0.6 is 11.3 Å². The monoisotopic (exact) mass is 325 g/mol. The van der Waals surface area contributed by atoms with E-state index < -0.39 is 0 Å². The number of thiophene rings is 1. The first-order valence-corrected chi connectivity index (χ1v) is 8.90. The topological polar surface area (TPSA) is 12.5 Å². The van der Waals surface area contributed by atoms with Crippen molar-refractivity contribution in [2.24, 2.45) is 0 Å². The zero-order chi connectivity index (χ0) is 16.1. The molecule has 0 saturated heterocycles. The fourth-order valence-electron chi connectivity index (χ4n) is 2.76. The van der Waals surface area contributed by atoms with Gasteiger partial charge in [0, 0.05) is 16.2 Å². The van der Waals surface area contributed by atoms with E-state index in [0.717, 1.165) is 25.3 Å². The fraction of sp³-hybridized carbons (Fsp3) is 0.300. The number of rotatable bonds is 7. The van der Waals surface area contributed by atoms with Crippen LogP contribution in [-0.4, -0.2) is 32.1 Å². The van der Waals surface area contributed by atoms with Gasteiger partial charge in [-0.2, -0.15) is 0 Å². The molecule has 0 aliphatic carbocycles. The minimum absolute atomic E-state index is 0.441. The van der Waals surface area contributed by atoms with Gasteiger partial charge in [0.1, 0.15) is 5.75 Å². The van der Waals surface area contributed by atoms with Gasteiger partial charge in [0.2, 0.25) is 0 Å². The molecule has 0 aliphatic rings. The number of benzene rings is 2. The van der Waals surface area contributed by atoms with Crippen molar-refractivity contribution in [2.45, 2.75) is 12.3 Å². The van der Waals surface area contributed by atoms with Crippen LogP contribution in [0.2, 0.25) is 0 Å². The second-order valence-electron chi connectivity index (χ2n) is 6.09. The van der Waals surface area contributed by atoms with Gasteiger partial charge in [-0.25, -0.2) is 0 Å². The third kappa shape index (κ3) is 4.12. The molecule has 0 unspecified atom stereocenters. The molecular weight excluding hydrogens is 302 g/mol. The minimum Gasteiger partial charge on any atom is -0.492 e. The van der Waals surface area contributed by atoms with Crippen LogP contribution < -0.4 is 4.74 Å². The van der Waals surface area contributed by atoms with Gasteiger partial charge in [-0.1, -0.05) is 42.5 Å². The summed E-state index contributed by atoms with van der Waals surface area (Å²) < 4.78 is 6.23. The molecule has 3 rings (SSSR count). The van der Waals surface area contributed by atoms with Crippen LogP contribution in [0.1, 0.15) is 17.2 Å². The third-order valence-electron chi connectivity index (χ3n) is 4.06. The second kappa shape index (κ2) is 7.62. The van der Waals surface area contributed by atoms with Gasteiger partial charge in [-0.15, -0.1) is 11.3 Å². The molecule has 23 heavy (non-hydrogen) atoms. The molecule has 0 bridgehead atoms. The van der Waals surface area contributed by atoms with Gasteiger partial charge in [0.25, 0.3) is 0 Å². The van der Waals surface area contributed by atoms with Crippen LogP contribution in [0.4, 0.5) is 0 Å². The largest absolute Gasteiger partial charge is 0.492 e. The molecule has 0 aliphatic heterocycles. The van der Waals surface area contributed by atoms with Gasteiger partial charge in [-0.3, -0.25) is 0 Å². The van der Waals surface area contributed by atoms with Gasteiger partial charge in [0.05, 0.1) is 6.61 Å². The Morgan fingerprint density at radius 1 is 1.00 bits per heavy atom. The quantitative estimate of drug-likeness (QED) is 0.605. The van der Waals surface area contributed by atoms with Gasteiger partial charge < -0.3 is 9.64 Å². The van der Waals surface area contributed by atoms with Crippen molar-refractivity contribution in [3.8, 4) is 5.75 Å². The molecule has 1 heterocycles. The van der Waals surface area contributed by atoms with Gasteiger partial charge in [0.15, 0.2) is 0 Å². The van der Waals surface area contributed by atoms with Crippen LogP contribution in [0.15, 0.2) is 60.0 Å². The van der Waals surface area contributed by atoms with Crippen LogP contribution in [0.25, 0.3) is 10.8 Å². The van der Waals surface area contributed by atoms with Crippen molar-refractivity contribution < 1.29 is 4.74 Å². The number of fused-ring (bicyclic) bond motifs is 1. The molecule has 0 saturated carbocycles. The Labute approximate surface area is 142 Å².